The van der Waals surface area contributed by atoms with E-state index in [4.69, 9.17) is 4.74 Å². The van der Waals surface area contributed by atoms with Crippen molar-refractivity contribution >= 4 is 15.9 Å². The van der Waals surface area contributed by atoms with E-state index in [2.05, 4.69) is 25.9 Å². The topological polar surface area (TPSA) is 35.0 Å². The molecule has 2 aromatic heterocycles. The van der Waals surface area contributed by atoms with Crippen molar-refractivity contribution in [1.29, 1.82) is 0 Å². The molecule has 82 valence electrons. The molecule has 0 amide bonds. The largest absolute Gasteiger partial charge is 0.437 e. The molecule has 2 aromatic rings. The van der Waals surface area contributed by atoms with Gasteiger partial charge in [0.1, 0.15) is 0 Å². The van der Waals surface area contributed by atoms with E-state index in [1.165, 1.54) is 0 Å². The number of ether oxygens (including phenoxy) is 1. The number of hydrogen-bond donors (Lipinski definition) is 0. The predicted octanol–water partition coefficient (Wildman–Crippen LogP) is 3.65. The summed E-state index contributed by atoms with van der Waals surface area (Å²) in [6.07, 6.45) is 3.51. The average Bonchev–Trinajstić information content (AvgIpc) is 2.27. The van der Waals surface area contributed by atoms with Crippen LogP contribution in [0.3, 0.4) is 0 Å². The maximum Gasteiger partial charge on any atom is 0.219 e. The van der Waals surface area contributed by atoms with Gasteiger partial charge in [-0.3, -0.25) is 4.98 Å². The molecular formula is C12H11BrN2O. The Morgan fingerprint density at radius 2 is 1.94 bits per heavy atom. The fourth-order valence-electron chi connectivity index (χ4n) is 1.22. The zero-order valence-corrected chi connectivity index (χ0v) is 10.7. The molecule has 0 atom stereocenters. The number of aromatic nitrogens is 2. The molecule has 0 aliphatic carbocycles. The van der Waals surface area contributed by atoms with Crippen LogP contribution in [-0.2, 0) is 0 Å². The molecule has 0 spiro atoms. The van der Waals surface area contributed by atoms with Crippen LogP contribution in [0.4, 0.5) is 0 Å². The van der Waals surface area contributed by atoms with Crippen molar-refractivity contribution in [3.63, 3.8) is 0 Å². The van der Waals surface area contributed by atoms with Crippen LogP contribution in [0, 0.1) is 13.8 Å². The number of pyridine rings is 2. The second-order valence-corrected chi connectivity index (χ2v) is 4.43. The van der Waals surface area contributed by atoms with Crippen molar-refractivity contribution < 1.29 is 4.74 Å². The van der Waals surface area contributed by atoms with Crippen LogP contribution in [0.5, 0.6) is 11.6 Å². The van der Waals surface area contributed by atoms with Crippen molar-refractivity contribution in [3.05, 3.63) is 46.3 Å². The van der Waals surface area contributed by atoms with Gasteiger partial charge in [-0.2, -0.15) is 0 Å². The molecule has 0 aromatic carbocycles. The van der Waals surface area contributed by atoms with E-state index in [-0.39, 0.29) is 0 Å². The lowest BCUT2D eigenvalue weighted by Gasteiger charge is -2.07. The minimum Gasteiger partial charge on any atom is -0.437 e. The van der Waals surface area contributed by atoms with Crippen LogP contribution in [0.15, 0.2) is 35.1 Å². The van der Waals surface area contributed by atoms with Gasteiger partial charge < -0.3 is 4.74 Å². The van der Waals surface area contributed by atoms with Crippen molar-refractivity contribution in [2.24, 2.45) is 0 Å². The number of nitrogens with zero attached hydrogens (tertiary/aromatic N) is 2. The second kappa shape index (κ2) is 4.61. The molecule has 0 saturated heterocycles. The average molecular weight is 279 g/mol. The quantitative estimate of drug-likeness (QED) is 0.841. The fraction of sp³-hybridized carbons (Fsp3) is 0.167. The van der Waals surface area contributed by atoms with Crippen LogP contribution < -0.4 is 4.74 Å². The highest BCUT2D eigenvalue weighted by molar-refractivity contribution is 9.10. The van der Waals surface area contributed by atoms with Gasteiger partial charge in [-0.15, -0.1) is 0 Å². The van der Waals surface area contributed by atoms with Crippen molar-refractivity contribution in [2.75, 3.05) is 0 Å². The molecule has 0 radical (unpaired) electrons. The first-order valence-corrected chi connectivity index (χ1v) is 5.67. The monoisotopic (exact) mass is 278 g/mol. The fourth-order valence-corrected chi connectivity index (χ4v) is 1.53. The van der Waals surface area contributed by atoms with E-state index in [0.29, 0.717) is 11.6 Å². The molecule has 3 nitrogen and oxygen atoms in total. The molecule has 0 aliphatic heterocycles. The Bertz CT molecular complexity index is 497. The molecule has 4 heteroatoms. The van der Waals surface area contributed by atoms with Gasteiger partial charge in [0.25, 0.3) is 0 Å². The van der Waals surface area contributed by atoms with E-state index < -0.39 is 0 Å². The molecular weight excluding hydrogens is 268 g/mol. The van der Waals surface area contributed by atoms with Crippen LogP contribution >= 0.6 is 15.9 Å². The van der Waals surface area contributed by atoms with Crippen LogP contribution in [0.25, 0.3) is 0 Å². The summed E-state index contributed by atoms with van der Waals surface area (Å²) in [6, 6.07) is 5.68. The van der Waals surface area contributed by atoms with Gasteiger partial charge in [-0.1, -0.05) is 6.07 Å². The smallest absolute Gasteiger partial charge is 0.219 e. The highest BCUT2D eigenvalue weighted by atomic mass is 79.9. The molecule has 0 unspecified atom stereocenters. The van der Waals surface area contributed by atoms with Gasteiger partial charge in [-0.05, 0) is 41.4 Å². The summed E-state index contributed by atoms with van der Waals surface area (Å²) in [5.74, 6) is 1.29. The minimum atomic E-state index is 0.577. The molecule has 0 N–H and O–H groups in total. The molecule has 2 rings (SSSR count). The van der Waals surface area contributed by atoms with Crippen LogP contribution in [-0.4, -0.2) is 9.97 Å². The summed E-state index contributed by atoms with van der Waals surface area (Å²) in [5.41, 5.74) is 1.95. The third-order valence-corrected chi connectivity index (χ3v) is 2.54. The standard InChI is InChI=1S/C12H11BrN2O/c1-8-3-4-12(15-6-8)16-11-5-10(13)7-14-9(11)2/h3-7H,1-2H3. The predicted molar refractivity (Wildman–Crippen MR) is 65.7 cm³/mol. The maximum absolute atomic E-state index is 5.64. The SMILES string of the molecule is Cc1ccc(Oc2cc(Br)cnc2C)nc1. The number of rotatable bonds is 2. The van der Waals surface area contributed by atoms with Crippen molar-refractivity contribution in [2.45, 2.75) is 13.8 Å². The Balaban J connectivity index is 2.26. The third kappa shape index (κ3) is 2.58. The molecule has 0 saturated carbocycles. The van der Waals surface area contributed by atoms with E-state index in [9.17, 15) is 0 Å². The summed E-state index contributed by atoms with van der Waals surface area (Å²) >= 11 is 3.36. The summed E-state index contributed by atoms with van der Waals surface area (Å²) in [6.45, 7) is 3.89. The van der Waals surface area contributed by atoms with E-state index >= 15 is 0 Å². The third-order valence-electron chi connectivity index (χ3n) is 2.11. The van der Waals surface area contributed by atoms with Gasteiger partial charge in [-0.25, -0.2) is 4.98 Å². The van der Waals surface area contributed by atoms with E-state index in [1.807, 2.05) is 32.0 Å². The zero-order valence-electron chi connectivity index (χ0n) is 9.07. The first-order chi connectivity index (χ1) is 7.65. The maximum atomic E-state index is 5.64. The number of halogens is 1. The van der Waals surface area contributed by atoms with Crippen LogP contribution in [0.1, 0.15) is 11.3 Å². The molecule has 0 fully saturated rings. The normalized spacial score (nSPS) is 10.2. The van der Waals surface area contributed by atoms with Gasteiger partial charge in [0.05, 0.1) is 5.69 Å². The summed E-state index contributed by atoms with van der Waals surface area (Å²) < 4.78 is 6.53. The molecule has 2 heterocycles. The summed E-state index contributed by atoms with van der Waals surface area (Å²) in [5, 5.41) is 0. The highest BCUT2D eigenvalue weighted by Crippen LogP contribution is 2.25. The Morgan fingerprint density at radius 1 is 1.12 bits per heavy atom. The van der Waals surface area contributed by atoms with Gasteiger partial charge >= 0.3 is 0 Å². The summed E-state index contributed by atoms with van der Waals surface area (Å²) in [7, 11) is 0. The highest BCUT2D eigenvalue weighted by Gasteiger charge is 2.04. The Morgan fingerprint density at radius 3 is 2.62 bits per heavy atom. The first-order valence-electron chi connectivity index (χ1n) is 4.88. The van der Waals surface area contributed by atoms with Gasteiger partial charge in [0.15, 0.2) is 5.75 Å². The van der Waals surface area contributed by atoms with Gasteiger partial charge in [0, 0.05) is 22.9 Å². The van der Waals surface area contributed by atoms with E-state index in [1.54, 1.807) is 12.4 Å². The molecule has 0 aliphatic rings. The van der Waals surface area contributed by atoms with Crippen molar-refractivity contribution in [3.8, 4) is 11.6 Å². The van der Waals surface area contributed by atoms with Crippen molar-refractivity contribution in [1.82, 2.24) is 9.97 Å². The van der Waals surface area contributed by atoms with Crippen LogP contribution in [0.2, 0.25) is 0 Å². The second-order valence-electron chi connectivity index (χ2n) is 3.51. The first kappa shape index (κ1) is 11.1. The molecule has 16 heavy (non-hydrogen) atoms. The minimum absolute atomic E-state index is 0.577. The van der Waals surface area contributed by atoms with E-state index in [0.717, 1.165) is 15.7 Å². The Labute approximate surface area is 103 Å². The lowest BCUT2D eigenvalue weighted by Crippen LogP contribution is -1.92. The Hall–Kier alpha value is -1.42. The van der Waals surface area contributed by atoms with Gasteiger partial charge in [0.2, 0.25) is 5.88 Å². The number of aryl methyl sites for hydroxylation is 2. The summed E-state index contributed by atoms with van der Waals surface area (Å²) in [4.78, 5) is 8.37. The number of hydrogen-bond acceptors (Lipinski definition) is 3. The lowest BCUT2D eigenvalue weighted by molar-refractivity contribution is 0.456. The molecule has 0 bridgehead atoms. The Kier molecular flexibility index (Phi) is 3.19. The lowest BCUT2D eigenvalue weighted by atomic mass is 10.3. The zero-order chi connectivity index (χ0) is 11.5.